The first-order chi connectivity index (χ1) is 9.15. The summed E-state index contributed by atoms with van der Waals surface area (Å²) in [6, 6.07) is 6.98. The van der Waals surface area contributed by atoms with E-state index < -0.39 is 0 Å². The Kier molecular flexibility index (Phi) is 4.06. The van der Waals surface area contributed by atoms with Crippen LogP contribution in [-0.2, 0) is 0 Å². The summed E-state index contributed by atoms with van der Waals surface area (Å²) < 4.78 is 5.54. The number of anilines is 1. The lowest BCUT2D eigenvalue weighted by Crippen LogP contribution is -2.31. The Hall–Kier alpha value is -2.01. The van der Waals surface area contributed by atoms with Crippen molar-refractivity contribution in [2.45, 2.75) is 13.3 Å². The smallest absolute Gasteiger partial charge is 0.289 e. The van der Waals surface area contributed by atoms with Crippen molar-refractivity contribution < 1.29 is 14.3 Å². The zero-order valence-corrected chi connectivity index (χ0v) is 10.9. The van der Waals surface area contributed by atoms with Crippen molar-refractivity contribution in [3.8, 4) is 0 Å². The van der Waals surface area contributed by atoms with Crippen LogP contribution in [0.15, 0.2) is 28.7 Å². The molecule has 102 valence electrons. The van der Waals surface area contributed by atoms with Gasteiger partial charge in [-0.25, -0.2) is 0 Å². The number of hydrogen-bond donors (Lipinski definition) is 2. The van der Waals surface area contributed by atoms with Crippen molar-refractivity contribution in [1.29, 1.82) is 0 Å². The fourth-order valence-electron chi connectivity index (χ4n) is 1.99. The standard InChI is InChI=1S/C14H18N2O3/c1-2-16(6-3-7-17)14(18)13-9-10-8-11(15)4-5-12(10)19-13/h4-5,8-9,17H,2-3,6-7,15H2,1H3. The highest BCUT2D eigenvalue weighted by Crippen LogP contribution is 2.22. The van der Waals surface area contributed by atoms with Gasteiger partial charge in [-0.1, -0.05) is 0 Å². The van der Waals surface area contributed by atoms with E-state index in [9.17, 15) is 4.79 Å². The van der Waals surface area contributed by atoms with Gasteiger partial charge in [-0.05, 0) is 37.6 Å². The molecule has 3 N–H and O–H groups in total. The van der Waals surface area contributed by atoms with Crippen LogP contribution in [0.5, 0.6) is 0 Å². The van der Waals surface area contributed by atoms with Crippen molar-refractivity contribution in [2.75, 3.05) is 25.4 Å². The van der Waals surface area contributed by atoms with E-state index >= 15 is 0 Å². The second-order valence-corrected chi connectivity index (χ2v) is 4.37. The Morgan fingerprint density at radius 3 is 2.89 bits per heavy atom. The number of aliphatic hydroxyl groups excluding tert-OH is 1. The van der Waals surface area contributed by atoms with E-state index in [-0.39, 0.29) is 12.5 Å². The fourth-order valence-corrected chi connectivity index (χ4v) is 1.99. The van der Waals surface area contributed by atoms with Crippen LogP contribution >= 0.6 is 0 Å². The van der Waals surface area contributed by atoms with Crippen LogP contribution in [0.2, 0.25) is 0 Å². The van der Waals surface area contributed by atoms with Gasteiger partial charge in [0.1, 0.15) is 5.58 Å². The van der Waals surface area contributed by atoms with E-state index in [2.05, 4.69) is 0 Å². The molecule has 0 saturated heterocycles. The molecule has 0 aliphatic rings. The molecule has 2 aromatic rings. The molecule has 5 nitrogen and oxygen atoms in total. The Morgan fingerprint density at radius 1 is 1.42 bits per heavy atom. The number of carbonyl (C=O) groups is 1. The summed E-state index contributed by atoms with van der Waals surface area (Å²) in [5.41, 5.74) is 6.98. The highest BCUT2D eigenvalue weighted by atomic mass is 16.3. The second kappa shape index (κ2) is 5.75. The molecule has 0 fully saturated rings. The lowest BCUT2D eigenvalue weighted by molar-refractivity contribution is 0.0725. The van der Waals surface area contributed by atoms with Gasteiger partial charge in [-0.15, -0.1) is 0 Å². The van der Waals surface area contributed by atoms with Gasteiger partial charge in [-0.2, -0.15) is 0 Å². The number of nitrogens with zero attached hydrogens (tertiary/aromatic N) is 1. The minimum Gasteiger partial charge on any atom is -0.451 e. The summed E-state index contributed by atoms with van der Waals surface area (Å²) in [6.45, 7) is 3.07. The maximum atomic E-state index is 12.3. The Bertz CT molecular complexity index is 577. The lowest BCUT2D eigenvalue weighted by atomic mass is 10.2. The molecule has 1 aromatic heterocycles. The van der Waals surface area contributed by atoms with Crippen molar-refractivity contribution in [3.05, 3.63) is 30.0 Å². The minimum atomic E-state index is -0.161. The van der Waals surface area contributed by atoms with Crippen LogP contribution in [0.25, 0.3) is 11.0 Å². The molecule has 0 aliphatic heterocycles. The van der Waals surface area contributed by atoms with Gasteiger partial charge >= 0.3 is 0 Å². The average molecular weight is 262 g/mol. The maximum absolute atomic E-state index is 12.3. The third-order valence-corrected chi connectivity index (χ3v) is 3.01. The molecule has 0 aliphatic carbocycles. The number of hydrogen-bond acceptors (Lipinski definition) is 4. The summed E-state index contributed by atoms with van der Waals surface area (Å²) in [6.07, 6.45) is 0.562. The van der Waals surface area contributed by atoms with E-state index in [1.807, 2.05) is 6.92 Å². The van der Waals surface area contributed by atoms with Crippen LogP contribution in [0.1, 0.15) is 23.9 Å². The molecule has 1 heterocycles. The molecule has 2 rings (SSSR count). The summed E-state index contributed by atoms with van der Waals surface area (Å²) in [7, 11) is 0. The summed E-state index contributed by atoms with van der Waals surface area (Å²) in [5, 5.41) is 9.65. The van der Waals surface area contributed by atoms with E-state index in [1.54, 1.807) is 29.2 Å². The summed E-state index contributed by atoms with van der Waals surface area (Å²) in [4.78, 5) is 13.9. The molecule has 0 bridgehead atoms. The lowest BCUT2D eigenvalue weighted by Gasteiger charge is -2.18. The van der Waals surface area contributed by atoms with Gasteiger partial charge in [0.25, 0.3) is 5.91 Å². The highest BCUT2D eigenvalue weighted by molar-refractivity contribution is 5.96. The largest absolute Gasteiger partial charge is 0.451 e. The molecule has 0 saturated carbocycles. The van der Waals surface area contributed by atoms with E-state index in [0.29, 0.717) is 36.5 Å². The highest BCUT2D eigenvalue weighted by Gasteiger charge is 2.18. The fraction of sp³-hybridized carbons (Fsp3) is 0.357. The van der Waals surface area contributed by atoms with Crippen LogP contribution in [0, 0.1) is 0 Å². The monoisotopic (exact) mass is 262 g/mol. The van der Waals surface area contributed by atoms with Gasteiger partial charge in [0.05, 0.1) is 0 Å². The Balaban J connectivity index is 2.24. The minimum absolute atomic E-state index is 0.0699. The zero-order chi connectivity index (χ0) is 13.8. The van der Waals surface area contributed by atoms with Crippen LogP contribution in [0.3, 0.4) is 0 Å². The first-order valence-corrected chi connectivity index (χ1v) is 6.35. The Labute approximate surface area is 111 Å². The van der Waals surface area contributed by atoms with Crippen molar-refractivity contribution in [3.63, 3.8) is 0 Å². The summed E-state index contributed by atoms with van der Waals surface area (Å²) in [5.74, 6) is 0.145. The third-order valence-electron chi connectivity index (χ3n) is 3.01. The maximum Gasteiger partial charge on any atom is 0.289 e. The van der Waals surface area contributed by atoms with Gasteiger partial charge < -0.3 is 20.2 Å². The molecule has 5 heteroatoms. The van der Waals surface area contributed by atoms with Crippen LogP contribution < -0.4 is 5.73 Å². The first-order valence-electron chi connectivity index (χ1n) is 6.35. The predicted molar refractivity (Wildman–Crippen MR) is 73.9 cm³/mol. The third kappa shape index (κ3) is 2.88. The number of benzene rings is 1. The number of rotatable bonds is 5. The van der Waals surface area contributed by atoms with E-state index in [1.165, 1.54) is 0 Å². The predicted octanol–water partition coefficient (Wildman–Crippen LogP) is 1.86. The normalized spacial score (nSPS) is 10.8. The van der Waals surface area contributed by atoms with Crippen molar-refractivity contribution in [2.24, 2.45) is 0 Å². The average Bonchev–Trinajstić information content (AvgIpc) is 2.82. The zero-order valence-electron chi connectivity index (χ0n) is 10.9. The number of nitrogens with two attached hydrogens (primary N) is 1. The molecule has 1 aromatic carbocycles. The summed E-state index contributed by atoms with van der Waals surface area (Å²) >= 11 is 0. The SMILES string of the molecule is CCN(CCCO)C(=O)c1cc2cc(N)ccc2o1. The molecule has 1 amide bonds. The van der Waals surface area contributed by atoms with Crippen molar-refractivity contribution in [1.82, 2.24) is 4.90 Å². The molecular formula is C14H18N2O3. The second-order valence-electron chi connectivity index (χ2n) is 4.37. The number of nitrogen functional groups attached to an aromatic ring is 1. The Morgan fingerprint density at radius 2 is 2.21 bits per heavy atom. The number of amides is 1. The molecule has 0 unspecified atom stereocenters. The number of furan rings is 1. The number of aliphatic hydroxyl groups is 1. The molecule has 0 radical (unpaired) electrons. The van der Waals surface area contributed by atoms with E-state index in [4.69, 9.17) is 15.3 Å². The molecule has 19 heavy (non-hydrogen) atoms. The molecule has 0 spiro atoms. The quantitative estimate of drug-likeness (QED) is 0.806. The van der Waals surface area contributed by atoms with Gasteiger partial charge in [0.15, 0.2) is 5.76 Å². The first kappa shape index (κ1) is 13.4. The van der Waals surface area contributed by atoms with E-state index in [0.717, 1.165) is 5.39 Å². The number of carbonyl (C=O) groups excluding carboxylic acids is 1. The molecular weight excluding hydrogens is 244 g/mol. The van der Waals surface area contributed by atoms with Gasteiger partial charge in [0, 0.05) is 30.8 Å². The number of fused-ring (bicyclic) bond motifs is 1. The van der Waals surface area contributed by atoms with Crippen molar-refractivity contribution >= 4 is 22.6 Å². The van der Waals surface area contributed by atoms with Crippen LogP contribution in [-0.4, -0.2) is 35.6 Å². The topological polar surface area (TPSA) is 79.7 Å². The van der Waals surface area contributed by atoms with Crippen LogP contribution in [0.4, 0.5) is 5.69 Å². The van der Waals surface area contributed by atoms with Gasteiger partial charge in [0.2, 0.25) is 0 Å². The van der Waals surface area contributed by atoms with Gasteiger partial charge in [-0.3, -0.25) is 4.79 Å². The molecule has 0 atom stereocenters.